The third-order valence-electron chi connectivity index (χ3n) is 3.06. The molecular formula is C15H15BrFIN2O2S. The molecule has 1 unspecified atom stereocenters. The van der Waals surface area contributed by atoms with Gasteiger partial charge in [0.1, 0.15) is 21.9 Å². The summed E-state index contributed by atoms with van der Waals surface area (Å²) in [4.78, 5) is 12.4. The molecule has 0 aromatic carbocycles. The van der Waals surface area contributed by atoms with Crippen molar-refractivity contribution in [3.05, 3.63) is 48.1 Å². The first-order chi connectivity index (χ1) is 10.6. The molecule has 0 aliphatic heterocycles. The van der Waals surface area contributed by atoms with Crippen LogP contribution in [0.25, 0.3) is 5.52 Å². The Morgan fingerprint density at radius 2 is 2.13 bits per heavy atom. The van der Waals surface area contributed by atoms with Gasteiger partial charge in [-0.05, 0) is 77.0 Å². The number of halogens is 3. The van der Waals surface area contributed by atoms with E-state index in [4.69, 9.17) is 0 Å². The summed E-state index contributed by atoms with van der Waals surface area (Å²) in [5, 5.41) is 0. The monoisotopic (exact) mass is 512 g/mol. The molecule has 0 saturated carbocycles. The van der Waals surface area contributed by atoms with E-state index in [0.29, 0.717) is 20.0 Å². The quantitative estimate of drug-likeness (QED) is 0.356. The highest BCUT2D eigenvalue weighted by Crippen LogP contribution is 2.25. The molecule has 0 aliphatic rings. The van der Waals surface area contributed by atoms with Crippen molar-refractivity contribution in [2.45, 2.75) is 31.9 Å². The molecule has 0 fully saturated rings. The van der Waals surface area contributed by atoms with Gasteiger partial charge in [0.25, 0.3) is 5.56 Å². The fraction of sp³-hybridized carbons (Fsp3) is 0.333. The van der Waals surface area contributed by atoms with Crippen molar-refractivity contribution in [2.75, 3.05) is 0 Å². The van der Waals surface area contributed by atoms with Crippen LogP contribution in [0.3, 0.4) is 0 Å². The summed E-state index contributed by atoms with van der Waals surface area (Å²) in [5.74, 6) is -0.475. The summed E-state index contributed by atoms with van der Waals surface area (Å²) < 4.78 is 31.4. The lowest BCUT2D eigenvalue weighted by molar-refractivity contribution is 0.561. The standard InChI is InChI=1S/C15H15BrFIN2O2S/c1-15(2,3)23(22)19-7-6-10-12(16)11-5-4-9(17)8-20(11)14(21)13(10)18/h4-5,7-8H,6H2,1-3H3. The molecule has 23 heavy (non-hydrogen) atoms. The predicted molar refractivity (Wildman–Crippen MR) is 104 cm³/mol. The molecule has 0 amide bonds. The van der Waals surface area contributed by atoms with Gasteiger partial charge in [-0.1, -0.05) is 4.40 Å². The van der Waals surface area contributed by atoms with E-state index in [1.165, 1.54) is 10.5 Å². The van der Waals surface area contributed by atoms with Crippen LogP contribution in [0.5, 0.6) is 0 Å². The van der Waals surface area contributed by atoms with Gasteiger partial charge in [0.15, 0.2) is 0 Å². The molecule has 0 aliphatic carbocycles. The van der Waals surface area contributed by atoms with Gasteiger partial charge in [-0.15, -0.1) is 0 Å². The van der Waals surface area contributed by atoms with Gasteiger partial charge < -0.3 is 4.55 Å². The van der Waals surface area contributed by atoms with Crippen molar-refractivity contribution >= 4 is 61.6 Å². The second-order valence-corrected chi connectivity index (χ2v) is 9.67. The Balaban J connectivity index is 2.44. The largest absolute Gasteiger partial charge is 0.591 e. The Labute approximate surface area is 158 Å². The van der Waals surface area contributed by atoms with E-state index in [9.17, 15) is 13.7 Å². The van der Waals surface area contributed by atoms with Crippen LogP contribution in [-0.4, -0.2) is 19.9 Å². The molecule has 124 valence electrons. The summed E-state index contributed by atoms with van der Waals surface area (Å²) in [6, 6.07) is 2.85. The minimum absolute atomic E-state index is 0.288. The Morgan fingerprint density at radius 3 is 2.74 bits per heavy atom. The lowest BCUT2D eigenvalue weighted by Gasteiger charge is -2.17. The zero-order valence-corrected chi connectivity index (χ0v) is 17.3. The van der Waals surface area contributed by atoms with E-state index >= 15 is 0 Å². The van der Waals surface area contributed by atoms with Crippen LogP contribution < -0.4 is 5.56 Å². The maximum Gasteiger partial charge on any atom is 0.268 e. The van der Waals surface area contributed by atoms with E-state index in [1.807, 2.05) is 43.4 Å². The number of fused-ring (bicyclic) bond motifs is 1. The summed E-state index contributed by atoms with van der Waals surface area (Å²) in [6.45, 7) is 5.53. The van der Waals surface area contributed by atoms with Crippen LogP contribution in [-0.2, 0) is 17.8 Å². The van der Waals surface area contributed by atoms with Crippen LogP contribution in [0.15, 0.2) is 32.0 Å². The lowest BCUT2D eigenvalue weighted by Crippen LogP contribution is -2.26. The Morgan fingerprint density at radius 1 is 1.48 bits per heavy atom. The number of pyridine rings is 2. The lowest BCUT2D eigenvalue weighted by atomic mass is 10.2. The predicted octanol–water partition coefficient (Wildman–Crippen LogP) is 3.88. The minimum Gasteiger partial charge on any atom is -0.591 e. The van der Waals surface area contributed by atoms with E-state index in [2.05, 4.69) is 20.3 Å². The van der Waals surface area contributed by atoms with Gasteiger partial charge in [-0.25, -0.2) is 4.39 Å². The van der Waals surface area contributed by atoms with Gasteiger partial charge in [-0.3, -0.25) is 9.20 Å². The van der Waals surface area contributed by atoms with Crippen molar-refractivity contribution in [3.8, 4) is 0 Å². The number of hydrogen-bond donors (Lipinski definition) is 0. The fourth-order valence-electron chi connectivity index (χ4n) is 1.84. The maximum atomic E-state index is 13.4. The average Bonchev–Trinajstić information content (AvgIpc) is 2.47. The van der Waals surface area contributed by atoms with E-state index in [0.717, 1.165) is 11.8 Å². The molecule has 2 heterocycles. The molecule has 0 bridgehead atoms. The van der Waals surface area contributed by atoms with Crippen molar-refractivity contribution < 1.29 is 8.94 Å². The first-order valence-electron chi connectivity index (χ1n) is 6.75. The summed E-state index contributed by atoms with van der Waals surface area (Å²) in [7, 11) is 0. The zero-order chi connectivity index (χ0) is 17.4. The Kier molecular flexibility index (Phi) is 5.91. The number of nitrogens with zero attached hydrogens (tertiary/aromatic N) is 2. The van der Waals surface area contributed by atoms with Crippen molar-refractivity contribution in [1.29, 1.82) is 0 Å². The van der Waals surface area contributed by atoms with E-state index < -0.39 is 21.9 Å². The minimum atomic E-state index is -1.34. The third kappa shape index (κ3) is 4.15. The molecule has 0 saturated heterocycles. The molecule has 2 aromatic heterocycles. The normalized spacial score (nSPS) is 13.9. The number of hydrogen-bond acceptors (Lipinski definition) is 3. The van der Waals surface area contributed by atoms with Crippen molar-refractivity contribution in [2.24, 2.45) is 4.40 Å². The SMILES string of the molecule is CC(C)(C)[S+]([O-])N=CCc1c(I)c(=O)n2cc(F)ccc2c1Br. The van der Waals surface area contributed by atoms with E-state index in [-0.39, 0.29) is 5.56 Å². The van der Waals surface area contributed by atoms with Gasteiger partial charge in [0.05, 0.1) is 15.3 Å². The highest BCUT2D eigenvalue weighted by molar-refractivity contribution is 14.1. The van der Waals surface area contributed by atoms with Crippen LogP contribution in [0.1, 0.15) is 26.3 Å². The smallest absolute Gasteiger partial charge is 0.268 e. The maximum absolute atomic E-state index is 13.4. The molecule has 8 heteroatoms. The molecule has 2 rings (SSSR count). The van der Waals surface area contributed by atoms with Crippen molar-refractivity contribution in [3.63, 3.8) is 0 Å². The average molecular weight is 513 g/mol. The highest BCUT2D eigenvalue weighted by atomic mass is 127. The van der Waals surface area contributed by atoms with Crippen LogP contribution in [0.2, 0.25) is 0 Å². The molecule has 0 N–H and O–H groups in total. The second-order valence-electron chi connectivity index (χ2n) is 5.87. The van der Waals surface area contributed by atoms with Gasteiger partial charge in [0, 0.05) is 17.1 Å². The molecular weight excluding hydrogens is 498 g/mol. The number of rotatable bonds is 3. The fourth-order valence-corrected chi connectivity index (χ4v) is 4.17. The zero-order valence-electron chi connectivity index (χ0n) is 12.8. The van der Waals surface area contributed by atoms with Crippen LogP contribution in [0, 0.1) is 9.39 Å². The van der Waals surface area contributed by atoms with E-state index in [1.54, 1.807) is 12.3 Å². The highest BCUT2D eigenvalue weighted by Gasteiger charge is 2.25. The van der Waals surface area contributed by atoms with Crippen LogP contribution >= 0.6 is 38.5 Å². The molecule has 4 nitrogen and oxygen atoms in total. The Hall–Kier alpha value is -0.450. The summed E-state index contributed by atoms with van der Waals surface area (Å²) >= 11 is 4.07. The Bertz CT molecular complexity index is 833. The molecule has 0 spiro atoms. The molecule has 0 radical (unpaired) electrons. The van der Waals surface area contributed by atoms with Gasteiger partial charge in [-0.2, -0.15) is 0 Å². The number of aromatic nitrogens is 1. The first-order valence-corrected chi connectivity index (χ1v) is 9.73. The molecule has 2 aromatic rings. The van der Waals surface area contributed by atoms with Gasteiger partial charge in [0.2, 0.25) is 0 Å². The molecule has 1 atom stereocenters. The summed E-state index contributed by atoms with van der Waals surface area (Å²) in [5.41, 5.74) is 1.04. The third-order valence-corrected chi connectivity index (χ3v) is 6.45. The topological polar surface area (TPSA) is 56.9 Å². The van der Waals surface area contributed by atoms with Crippen molar-refractivity contribution in [1.82, 2.24) is 4.40 Å². The van der Waals surface area contributed by atoms with Crippen LogP contribution in [0.4, 0.5) is 4.39 Å². The first kappa shape index (κ1) is 18.9. The second kappa shape index (κ2) is 7.20. The van der Waals surface area contributed by atoms with Gasteiger partial charge >= 0.3 is 0 Å². The summed E-state index contributed by atoms with van der Waals surface area (Å²) in [6.07, 6.45) is 3.09.